The van der Waals surface area contributed by atoms with E-state index in [1.807, 2.05) is 11.0 Å². The Morgan fingerprint density at radius 2 is 1.79 bits per heavy atom. The predicted octanol–water partition coefficient (Wildman–Crippen LogP) is 3.01. The summed E-state index contributed by atoms with van der Waals surface area (Å²) in [5.74, 6) is -0.0516. The van der Waals surface area contributed by atoms with Crippen LogP contribution in [0.2, 0.25) is 0 Å². The number of benzene rings is 2. The minimum absolute atomic E-state index is 0.168. The fraction of sp³-hybridized carbons (Fsp3) is 0.435. The normalized spacial score (nSPS) is 19.1. The van der Waals surface area contributed by atoms with Crippen molar-refractivity contribution in [1.29, 1.82) is 0 Å². The maximum Gasteiger partial charge on any atom is 0.231 e. The van der Waals surface area contributed by atoms with Crippen LogP contribution in [0.25, 0.3) is 0 Å². The van der Waals surface area contributed by atoms with E-state index in [1.54, 1.807) is 12.1 Å². The molecule has 0 saturated carbocycles. The lowest BCUT2D eigenvalue weighted by Crippen LogP contribution is -2.63. The van der Waals surface area contributed by atoms with E-state index in [0.29, 0.717) is 31.6 Å². The van der Waals surface area contributed by atoms with Crippen LogP contribution in [0, 0.1) is 18.2 Å². The first-order valence-electron chi connectivity index (χ1n) is 10.1. The van der Waals surface area contributed by atoms with Gasteiger partial charge in [0.25, 0.3) is 0 Å². The number of para-hydroxylation sites is 1. The molecular formula is C23H28FN3O. The molecule has 1 N–H and O–H groups in total. The van der Waals surface area contributed by atoms with Crippen LogP contribution in [0.15, 0.2) is 48.5 Å². The topological polar surface area (TPSA) is 35.6 Å². The van der Waals surface area contributed by atoms with Crippen molar-refractivity contribution < 1.29 is 9.18 Å². The molecule has 0 radical (unpaired) electrons. The number of amides is 1. The SMILES string of the molecule is Cc1ccccc1N1CCCN(C(=O)C2(Cc3ccccc3F)CNC2)CC1. The van der Waals surface area contributed by atoms with Gasteiger partial charge in [0.15, 0.2) is 0 Å². The molecule has 2 fully saturated rings. The van der Waals surface area contributed by atoms with Crippen LogP contribution in [0.4, 0.5) is 10.1 Å². The van der Waals surface area contributed by atoms with Crippen LogP contribution in [-0.4, -0.2) is 50.1 Å². The Hall–Kier alpha value is -2.40. The molecule has 5 heteroatoms. The largest absolute Gasteiger partial charge is 0.369 e. The number of carbonyl (C=O) groups is 1. The van der Waals surface area contributed by atoms with Gasteiger partial charge in [0.05, 0.1) is 5.41 Å². The molecule has 0 aliphatic carbocycles. The first-order chi connectivity index (χ1) is 13.6. The van der Waals surface area contributed by atoms with E-state index in [4.69, 9.17) is 0 Å². The third kappa shape index (κ3) is 3.63. The summed E-state index contributed by atoms with van der Waals surface area (Å²) in [6.07, 6.45) is 1.41. The molecule has 2 aromatic rings. The monoisotopic (exact) mass is 381 g/mol. The third-order valence-corrected chi connectivity index (χ3v) is 6.11. The van der Waals surface area contributed by atoms with Crippen LogP contribution in [0.5, 0.6) is 0 Å². The quantitative estimate of drug-likeness (QED) is 0.884. The Kier molecular flexibility index (Phi) is 5.36. The molecule has 0 aromatic heterocycles. The Morgan fingerprint density at radius 3 is 2.50 bits per heavy atom. The van der Waals surface area contributed by atoms with Crippen molar-refractivity contribution in [3.63, 3.8) is 0 Å². The van der Waals surface area contributed by atoms with E-state index < -0.39 is 5.41 Å². The molecule has 2 saturated heterocycles. The molecule has 2 aromatic carbocycles. The van der Waals surface area contributed by atoms with Crippen LogP contribution in [0.1, 0.15) is 17.5 Å². The van der Waals surface area contributed by atoms with Gasteiger partial charge in [-0.05, 0) is 43.0 Å². The summed E-state index contributed by atoms with van der Waals surface area (Å²) in [5, 5.41) is 3.24. The number of hydrogen-bond donors (Lipinski definition) is 1. The van der Waals surface area contributed by atoms with Gasteiger partial charge in [-0.3, -0.25) is 4.79 Å². The fourth-order valence-electron chi connectivity index (χ4n) is 4.40. The molecule has 4 rings (SSSR count). The van der Waals surface area contributed by atoms with Gasteiger partial charge < -0.3 is 15.1 Å². The number of hydrogen-bond acceptors (Lipinski definition) is 3. The van der Waals surface area contributed by atoms with E-state index in [2.05, 4.69) is 41.4 Å². The van der Waals surface area contributed by atoms with Gasteiger partial charge in [0.1, 0.15) is 5.82 Å². The summed E-state index contributed by atoms with van der Waals surface area (Å²) in [6, 6.07) is 15.2. The average Bonchev–Trinajstić information content (AvgIpc) is 2.92. The summed E-state index contributed by atoms with van der Waals surface area (Å²) in [5.41, 5.74) is 2.64. The number of rotatable bonds is 4. The van der Waals surface area contributed by atoms with E-state index in [1.165, 1.54) is 17.3 Å². The molecule has 0 unspecified atom stereocenters. The third-order valence-electron chi connectivity index (χ3n) is 6.11. The first-order valence-corrected chi connectivity index (χ1v) is 10.1. The Labute approximate surface area is 166 Å². The average molecular weight is 381 g/mol. The van der Waals surface area contributed by atoms with E-state index >= 15 is 0 Å². The van der Waals surface area contributed by atoms with E-state index in [-0.39, 0.29) is 11.7 Å². The van der Waals surface area contributed by atoms with Crippen molar-refractivity contribution in [2.45, 2.75) is 19.8 Å². The lowest BCUT2D eigenvalue weighted by Gasteiger charge is -2.44. The molecule has 2 heterocycles. The second-order valence-electron chi connectivity index (χ2n) is 8.07. The summed E-state index contributed by atoms with van der Waals surface area (Å²) >= 11 is 0. The van der Waals surface area contributed by atoms with Crippen molar-refractivity contribution in [1.82, 2.24) is 10.2 Å². The van der Waals surface area contributed by atoms with Crippen molar-refractivity contribution in [3.8, 4) is 0 Å². The molecule has 148 valence electrons. The number of nitrogens with zero attached hydrogens (tertiary/aromatic N) is 2. The van der Waals surface area contributed by atoms with Crippen molar-refractivity contribution >= 4 is 11.6 Å². The predicted molar refractivity (Wildman–Crippen MR) is 110 cm³/mol. The molecular weight excluding hydrogens is 353 g/mol. The van der Waals surface area contributed by atoms with Crippen LogP contribution >= 0.6 is 0 Å². The van der Waals surface area contributed by atoms with Crippen LogP contribution < -0.4 is 10.2 Å². The maximum atomic E-state index is 14.2. The van der Waals surface area contributed by atoms with Gasteiger partial charge in [0.2, 0.25) is 5.91 Å². The smallest absolute Gasteiger partial charge is 0.231 e. The van der Waals surface area contributed by atoms with E-state index in [0.717, 1.165) is 26.1 Å². The first kappa shape index (κ1) is 18.9. The molecule has 0 atom stereocenters. The highest BCUT2D eigenvalue weighted by Crippen LogP contribution is 2.32. The molecule has 0 bridgehead atoms. The zero-order valence-electron chi connectivity index (χ0n) is 16.5. The minimum Gasteiger partial charge on any atom is -0.369 e. The van der Waals surface area contributed by atoms with Crippen molar-refractivity contribution in [2.24, 2.45) is 5.41 Å². The Bertz CT molecular complexity index is 849. The van der Waals surface area contributed by atoms with Crippen LogP contribution in [0.3, 0.4) is 0 Å². The molecule has 4 nitrogen and oxygen atoms in total. The van der Waals surface area contributed by atoms with E-state index in [9.17, 15) is 9.18 Å². The number of carbonyl (C=O) groups excluding carboxylic acids is 1. The lowest BCUT2D eigenvalue weighted by molar-refractivity contribution is -0.145. The van der Waals surface area contributed by atoms with Crippen molar-refractivity contribution in [2.75, 3.05) is 44.2 Å². The number of halogens is 1. The maximum absolute atomic E-state index is 14.2. The Morgan fingerprint density at radius 1 is 1.04 bits per heavy atom. The minimum atomic E-state index is -0.514. The Balaban J connectivity index is 1.47. The van der Waals surface area contributed by atoms with Gasteiger partial charge in [-0.2, -0.15) is 0 Å². The van der Waals surface area contributed by atoms with Crippen molar-refractivity contribution in [3.05, 3.63) is 65.5 Å². The lowest BCUT2D eigenvalue weighted by atomic mass is 9.75. The van der Waals surface area contributed by atoms with Gasteiger partial charge >= 0.3 is 0 Å². The highest BCUT2D eigenvalue weighted by molar-refractivity contribution is 5.85. The number of anilines is 1. The summed E-state index contributed by atoms with van der Waals surface area (Å²) < 4.78 is 14.2. The molecule has 2 aliphatic heterocycles. The van der Waals surface area contributed by atoms with Gasteiger partial charge in [0, 0.05) is 45.0 Å². The summed E-state index contributed by atoms with van der Waals surface area (Å²) in [4.78, 5) is 17.8. The zero-order chi connectivity index (χ0) is 19.6. The van der Waals surface area contributed by atoms with Crippen LogP contribution in [-0.2, 0) is 11.2 Å². The fourth-order valence-corrected chi connectivity index (χ4v) is 4.40. The number of nitrogens with one attached hydrogen (secondary N) is 1. The molecule has 28 heavy (non-hydrogen) atoms. The highest BCUT2D eigenvalue weighted by Gasteiger charge is 2.46. The zero-order valence-corrected chi connectivity index (χ0v) is 16.5. The second kappa shape index (κ2) is 7.92. The van der Waals surface area contributed by atoms with Gasteiger partial charge in [-0.1, -0.05) is 36.4 Å². The summed E-state index contributed by atoms with van der Waals surface area (Å²) in [7, 11) is 0. The molecule has 1 amide bonds. The van der Waals surface area contributed by atoms with Gasteiger partial charge in [-0.15, -0.1) is 0 Å². The summed E-state index contributed by atoms with van der Waals surface area (Å²) in [6.45, 7) is 6.64. The molecule has 0 spiro atoms. The second-order valence-corrected chi connectivity index (χ2v) is 8.07. The number of aryl methyl sites for hydroxylation is 1. The highest BCUT2D eigenvalue weighted by atomic mass is 19.1. The van der Waals surface area contributed by atoms with Gasteiger partial charge in [-0.25, -0.2) is 4.39 Å². The standard InChI is InChI=1S/C23H28FN3O/c1-18-7-2-5-10-21(18)26-11-6-12-27(14-13-26)22(28)23(16-25-17-23)15-19-8-3-4-9-20(19)24/h2-5,7-10,25H,6,11-17H2,1H3. The molecule has 2 aliphatic rings.